The van der Waals surface area contributed by atoms with E-state index in [1.165, 1.54) is 0 Å². The van der Waals surface area contributed by atoms with Crippen molar-refractivity contribution < 1.29 is 48.0 Å². The third-order valence-corrected chi connectivity index (χ3v) is 3.61. The number of hydrogen-bond donors (Lipinski definition) is 3. The summed E-state index contributed by atoms with van der Waals surface area (Å²) < 4.78 is 8.88. The van der Waals surface area contributed by atoms with E-state index < -0.39 is 43.3 Å². The summed E-state index contributed by atoms with van der Waals surface area (Å²) in [5, 5.41) is 0. The molecule has 23 heavy (non-hydrogen) atoms. The molecular weight excluding hydrogens is 335 g/mol. The zero-order chi connectivity index (χ0) is 18.2. The van der Waals surface area contributed by atoms with Gasteiger partial charge in [-0.3, -0.25) is 0 Å². The number of rotatable bonds is 6. The largest absolute Gasteiger partial charge is 0.466 e. The molecule has 0 atom stereocenters. The first-order valence-electron chi connectivity index (χ1n) is 6.20. The number of hydrogen-bond acceptors (Lipinski definition) is 7. The Bertz CT molecular complexity index is 399. The summed E-state index contributed by atoms with van der Waals surface area (Å²) in [4.78, 5) is 87.4. The predicted molar refractivity (Wildman–Crippen MR) is 71.6 cm³/mol. The molecule has 0 bridgehead atoms. The normalized spacial score (nSPS) is 33.3. The lowest BCUT2D eigenvalue weighted by Crippen LogP contribution is -2.50. The minimum atomic E-state index is -4.64. The van der Waals surface area contributed by atoms with Crippen LogP contribution in [0.2, 0.25) is 0 Å². The highest BCUT2D eigenvalue weighted by molar-refractivity contribution is 7.45. The first-order valence-corrected chi connectivity index (χ1v) is 7.76. The summed E-state index contributed by atoms with van der Waals surface area (Å²) in [6.45, 7) is 0. The molecule has 11 heteroatoms. The van der Waals surface area contributed by atoms with Gasteiger partial charge in [0, 0.05) is 35.5 Å². The quantitative estimate of drug-likeness (QED) is 0.357. The van der Waals surface area contributed by atoms with Crippen molar-refractivity contribution in [3.8, 4) is 0 Å². The third kappa shape index (κ3) is 5.68. The summed E-state index contributed by atoms with van der Waals surface area (Å²) in [5.41, 5.74) is 0. The van der Waals surface area contributed by atoms with Gasteiger partial charge in [0.05, 0.1) is 0 Å². The summed E-state index contributed by atoms with van der Waals surface area (Å²) in [7, 11) is -4.64. The molecule has 1 aliphatic rings. The fourth-order valence-electron chi connectivity index (χ4n) is 2.63. The highest BCUT2D eigenvalue weighted by Gasteiger charge is 2.50. The summed E-state index contributed by atoms with van der Waals surface area (Å²) in [6.07, 6.45) is 2.37. The Hall–Kier alpha value is -1.87. The highest BCUT2D eigenvalue weighted by Crippen LogP contribution is 2.41. The maximum Gasteiger partial charge on any atom is 0.466 e. The fourth-order valence-corrected chi connectivity index (χ4v) is 2.63. The highest BCUT2D eigenvalue weighted by atomic mass is 31.2. The zero-order valence-corrected chi connectivity index (χ0v) is 12.5. The van der Waals surface area contributed by atoms with Crippen LogP contribution >= 0.6 is 7.82 Å². The minimum absolute atomic E-state index is 0.395. The summed E-state index contributed by atoms with van der Waals surface area (Å²) in [5.74, 6) is -6.24. The van der Waals surface area contributed by atoms with Crippen LogP contribution in [0.3, 0.4) is 0 Å². The van der Waals surface area contributed by atoms with E-state index in [0.717, 1.165) is 0 Å². The molecule has 0 aromatic heterocycles. The maximum atomic E-state index is 11.0. The predicted octanol–water partition coefficient (Wildman–Crippen LogP) is -2.04. The van der Waals surface area contributed by atoms with Gasteiger partial charge in [-0.25, -0.2) is 4.57 Å². The first-order chi connectivity index (χ1) is 10.7. The van der Waals surface area contributed by atoms with Crippen molar-refractivity contribution in [3.05, 3.63) is 0 Å². The average molecular weight is 350 g/mol. The molecule has 0 amide bonds. The van der Waals surface area contributed by atoms with Crippen LogP contribution in [0, 0.1) is 35.5 Å². The van der Waals surface area contributed by atoms with Crippen molar-refractivity contribution in [2.24, 2.45) is 35.5 Å². The van der Waals surface area contributed by atoms with Crippen molar-refractivity contribution in [1.82, 2.24) is 0 Å². The Morgan fingerprint density at radius 2 is 0.565 bits per heavy atom. The van der Waals surface area contributed by atoms with Gasteiger partial charge in [0.25, 0.3) is 0 Å². The van der Waals surface area contributed by atoms with E-state index in [9.17, 15) is 28.8 Å². The van der Waals surface area contributed by atoms with Crippen molar-refractivity contribution in [2.45, 2.75) is 0 Å². The lowest BCUT2D eigenvalue weighted by Gasteiger charge is -2.40. The van der Waals surface area contributed by atoms with Crippen LogP contribution in [0.25, 0.3) is 0 Å². The Balaban J connectivity index is 0.000000841. The van der Waals surface area contributed by atoms with Gasteiger partial charge in [-0.1, -0.05) is 0 Å². The molecule has 1 fully saturated rings. The monoisotopic (exact) mass is 350 g/mol. The van der Waals surface area contributed by atoms with E-state index in [4.69, 9.17) is 19.2 Å². The second-order valence-corrected chi connectivity index (χ2v) is 5.82. The molecule has 0 spiro atoms. The van der Waals surface area contributed by atoms with Crippen molar-refractivity contribution >= 4 is 45.5 Å². The first kappa shape index (κ1) is 21.1. The van der Waals surface area contributed by atoms with Crippen LogP contribution in [-0.4, -0.2) is 52.4 Å². The Morgan fingerprint density at radius 3 is 0.609 bits per heavy atom. The van der Waals surface area contributed by atoms with Gasteiger partial charge in [-0.15, -0.1) is 0 Å². The van der Waals surface area contributed by atoms with Crippen LogP contribution < -0.4 is 0 Å². The third-order valence-electron chi connectivity index (χ3n) is 3.61. The van der Waals surface area contributed by atoms with Crippen molar-refractivity contribution in [2.75, 3.05) is 0 Å². The van der Waals surface area contributed by atoms with Crippen LogP contribution in [0.1, 0.15) is 0 Å². The van der Waals surface area contributed by atoms with E-state index in [-0.39, 0.29) is 0 Å². The molecule has 0 saturated heterocycles. The van der Waals surface area contributed by atoms with Gasteiger partial charge in [0.15, 0.2) is 0 Å². The van der Waals surface area contributed by atoms with Gasteiger partial charge in [0.1, 0.15) is 37.7 Å². The Labute approximate surface area is 130 Å². The second-order valence-electron chi connectivity index (χ2n) is 4.79. The van der Waals surface area contributed by atoms with E-state index in [1.807, 2.05) is 0 Å². The zero-order valence-electron chi connectivity index (χ0n) is 11.6. The number of aldehydes is 6. The number of carbonyl (C=O) groups excluding carboxylic acids is 6. The van der Waals surface area contributed by atoms with Crippen LogP contribution in [0.15, 0.2) is 0 Å². The molecular formula is C12H15O10P. The average Bonchev–Trinajstić information content (AvgIpc) is 2.49. The molecule has 0 unspecified atom stereocenters. The molecule has 0 heterocycles. The standard InChI is InChI=1S/C12H12O6.H3O4P/c13-1-7-8(2-14)10(4-16)12(6-18)11(5-17)9(7)3-15;1-5(2,3)4/h1-12H;(H3,1,2,3,4). The molecule has 1 saturated carbocycles. The van der Waals surface area contributed by atoms with Crippen LogP contribution in [0.5, 0.6) is 0 Å². The van der Waals surface area contributed by atoms with E-state index in [0.29, 0.717) is 37.7 Å². The molecule has 0 radical (unpaired) electrons. The van der Waals surface area contributed by atoms with E-state index >= 15 is 0 Å². The molecule has 0 aromatic rings. The fraction of sp³-hybridized carbons (Fsp3) is 0.500. The maximum absolute atomic E-state index is 11.0. The van der Waals surface area contributed by atoms with Crippen LogP contribution in [0.4, 0.5) is 0 Å². The number of carbonyl (C=O) groups is 6. The van der Waals surface area contributed by atoms with Gasteiger partial charge in [-0.2, -0.15) is 0 Å². The van der Waals surface area contributed by atoms with Crippen molar-refractivity contribution in [3.63, 3.8) is 0 Å². The Morgan fingerprint density at radius 1 is 0.478 bits per heavy atom. The van der Waals surface area contributed by atoms with Gasteiger partial charge in [0.2, 0.25) is 0 Å². The van der Waals surface area contributed by atoms with Gasteiger partial charge < -0.3 is 43.4 Å². The second kappa shape index (κ2) is 9.31. The molecule has 1 rings (SSSR count). The molecule has 10 nitrogen and oxygen atoms in total. The molecule has 1 aliphatic carbocycles. The van der Waals surface area contributed by atoms with Gasteiger partial charge >= 0.3 is 7.82 Å². The molecule has 0 aromatic carbocycles. The lowest BCUT2D eigenvalue weighted by molar-refractivity contribution is -0.146. The summed E-state index contributed by atoms with van der Waals surface area (Å²) in [6, 6.07) is 0. The van der Waals surface area contributed by atoms with E-state index in [2.05, 4.69) is 0 Å². The Kier molecular flexibility index (Phi) is 8.55. The SMILES string of the molecule is O=CC1C(C=O)C(C=O)C(C=O)C(C=O)C1C=O.O=P(O)(O)O. The minimum Gasteiger partial charge on any atom is -0.303 e. The van der Waals surface area contributed by atoms with Gasteiger partial charge in [-0.05, 0) is 0 Å². The molecule has 0 aliphatic heterocycles. The topological polar surface area (TPSA) is 180 Å². The molecule has 128 valence electrons. The molecule has 3 N–H and O–H groups in total. The lowest BCUT2D eigenvalue weighted by atomic mass is 9.59. The van der Waals surface area contributed by atoms with Crippen LogP contribution in [-0.2, 0) is 33.3 Å². The summed E-state index contributed by atoms with van der Waals surface area (Å²) >= 11 is 0. The smallest absolute Gasteiger partial charge is 0.303 e. The van der Waals surface area contributed by atoms with E-state index in [1.54, 1.807) is 0 Å². The van der Waals surface area contributed by atoms with Crippen molar-refractivity contribution in [1.29, 1.82) is 0 Å². The number of phosphoric acid groups is 1.